The van der Waals surface area contributed by atoms with Crippen molar-refractivity contribution in [2.45, 2.75) is 57.0 Å². The molecular weight excluding hydrogens is 282 g/mol. The van der Waals surface area contributed by atoms with Crippen LogP contribution in [0.3, 0.4) is 0 Å². The van der Waals surface area contributed by atoms with Gasteiger partial charge in [-0.1, -0.05) is 12.8 Å². The third-order valence-corrected chi connectivity index (χ3v) is 4.38. The monoisotopic (exact) mass is 301 g/mol. The Hall–Kier alpha value is -2.18. The van der Waals surface area contributed by atoms with Crippen molar-refractivity contribution in [3.05, 3.63) is 29.7 Å². The van der Waals surface area contributed by atoms with Crippen LogP contribution in [0, 0.1) is 0 Å². The molecule has 0 radical (unpaired) electrons. The second-order valence-corrected chi connectivity index (χ2v) is 6.09. The molecule has 0 atom stereocenters. The number of rotatable bonds is 5. The molecule has 116 valence electrons. The van der Waals surface area contributed by atoms with Crippen LogP contribution in [0.4, 0.5) is 0 Å². The summed E-state index contributed by atoms with van der Waals surface area (Å²) in [4.78, 5) is 12.3. The highest BCUT2D eigenvalue weighted by Crippen LogP contribution is 2.39. The summed E-state index contributed by atoms with van der Waals surface area (Å²) in [5.74, 6) is 1.44. The van der Waals surface area contributed by atoms with E-state index in [1.807, 2.05) is 4.68 Å². The molecule has 0 spiro atoms. The van der Waals surface area contributed by atoms with Crippen molar-refractivity contribution in [1.82, 2.24) is 25.3 Å². The van der Waals surface area contributed by atoms with Gasteiger partial charge in [0, 0.05) is 12.1 Å². The van der Waals surface area contributed by atoms with Crippen molar-refractivity contribution in [2.75, 3.05) is 0 Å². The second kappa shape index (κ2) is 5.55. The highest BCUT2D eigenvalue weighted by Gasteiger charge is 2.29. The Labute approximate surface area is 128 Å². The molecule has 2 heterocycles. The highest BCUT2D eigenvalue weighted by atomic mass is 16.4. The van der Waals surface area contributed by atoms with Crippen molar-refractivity contribution in [2.24, 2.45) is 0 Å². The van der Waals surface area contributed by atoms with E-state index in [2.05, 4.69) is 20.6 Å². The van der Waals surface area contributed by atoms with E-state index in [0.717, 1.165) is 25.7 Å². The number of carbonyl (C=O) groups is 1. The maximum Gasteiger partial charge on any atom is 0.269 e. The minimum Gasteiger partial charge on any atom is -0.423 e. The molecule has 0 unspecified atom stereocenters. The van der Waals surface area contributed by atoms with Crippen LogP contribution in [0.5, 0.6) is 0 Å². The van der Waals surface area contributed by atoms with Gasteiger partial charge in [-0.25, -0.2) is 0 Å². The number of aromatic nitrogens is 4. The van der Waals surface area contributed by atoms with Gasteiger partial charge in [0.05, 0.1) is 12.6 Å². The van der Waals surface area contributed by atoms with Gasteiger partial charge >= 0.3 is 0 Å². The first-order valence-electron chi connectivity index (χ1n) is 7.95. The molecule has 4 rings (SSSR count). The maximum absolute atomic E-state index is 12.3. The number of nitrogens with zero attached hydrogens (tertiary/aromatic N) is 4. The van der Waals surface area contributed by atoms with Gasteiger partial charge in [0.25, 0.3) is 5.91 Å². The maximum atomic E-state index is 12.3. The molecule has 2 aliphatic rings. The van der Waals surface area contributed by atoms with E-state index < -0.39 is 0 Å². The van der Waals surface area contributed by atoms with Gasteiger partial charge < -0.3 is 9.73 Å². The Kier molecular flexibility index (Phi) is 3.40. The summed E-state index contributed by atoms with van der Waals surface area (Å²) in [5, 5.41) is 15.1. The largest absolute Gasteiger partial charge is 0.423 e. The average Bonchev–Trinajstić information content (AvgIpc) is 3.01. The zero-order chi connectivity index (χ0) is 14.9. The van der Waals surface area contributed by atoms with Crippen molar-refractivity contribution in [1.29, 1.82) is 0 Å². The Morgan fingerprint density at radius 2 is 2.09 bits per heavy atom. The number of hydrogen-bond donors (Lipinski definition) is 1. The number of hydrogen-bond acceptors (Lipinski definition) is 5. The van der Waals surface area contributed by atoms with E-state index in [9.17, 15) is 4.79 Å². The fourth-order valence-electron chi connectivity index (χ4n) is 3.01. The molecule has 0 aromatic carbocycles. The quantitative estimate of drug-likeness (QED) is 0.915. The van der Waals surface area contributed by atoms with Gasteiger partial charge in [0.2, 0.25) is 11.8 Å². The first-order chi connectivity index (χ1) is 10.8. The lowest BCUT2D eigenvalue weighted by atomic mass is 10.2. The summed E-state index contributed by atoms with van der Waals surface area (Å²) in [5.41, 5.74) is 0.605. The van der Waals surface area contributed by atoms with Gasteiger partial charge in [0.15, 0.2) is 0 Å². The van der Waals surface area contributed by atoms with E-state index in [1.54, 1.807) is 12.3 Å². The molecule has 22 heavy (non-hydrogen) atoms. The molecule has 0 bridgehead atoms. The fraction of sp³-hybridized carbons (Fsp3) is 0.600. The standard InChI is InChI=1S/C15H19N5O2/c21-14(12-7-8-17-20(12)11-3-1-2-4-11)16-9-13-18-19-15(22-13)10-5-6-10/h7-8,10-11H,1-6,9H2,(H,16,21). The van der Waals surface area contributed by atoms with Crippen molar-refractivity contribution in [3.63, 3.8) is 0 Å². The predicted octanol–water partition coefficient (Wildman–Crippen LogP) is 2.19. The molecule has 2 saturated carbocycles. The molecule has 2 fully saturated rings. The van der Waals surface area contributed by atoms with Crippen LogP contribution in [0.2, 0.25) is 0 Å². The Bertz CT molecular complexity index is 667. The molecule has 7 heteroatoms. The van der Waals surface area contributed by atoms with Crippen molar-refractivity contribution >= 4 is 5.91 Å². The van der Waals surface area contributed by atoms with Gasteiger partial charge in [-0.05, 0) is 31.7 Å². The molecule has 2 aromatic rings. The van der Waals surface area contributed by atoms with Gasteiger partial charge in [0.1, 0.15) is 5.69 Å². The van der Waals surface area contributed by atoms with E-state index in [-0.39, 0.29) is 12.5 Å². The lowest BCUT2D eigenvalue weighted by molar-refractivity contribution is 0.0933. The van der Waals surface area contributed by atoms with Crippen LogP contribution in [0.1, 0.15) is 72.8 Å². The summed E-state index contributed by atoms with van der Waals surface area (Å²) in [6.07, 6.45) is 8.52. The number of carbonyl (C=O) groups excluding carboxylic acids is 1. The van der Waals surface area contributed by atoms with Crippen molar-refractivity contribution < 1.29 is 9.21 Å². The third-order valence-electron chi connectivity index (χ3n) is 4.38. The Morgan fingerprint density at radius 1 is 1.27 bits per heavy atom. The van der Waals surface area contributed by atoms with Crippen LogP contribution in [0.15, 0.2) is 16.7 Å². The second-order valence-electron chi connectivity index (χ2n) is 6.09. The summed E-state index contributed by atoms with van der Waals surface area (Å²) in [6, 6.07) is 2.11. The SMILES string of the molecule is O=C(NCc1nnc(C2CC2)o1)c1ccnn1C1CCCC1. The van der Waals surface area contributed by atoms with E-state index in [1.165, 1.54) is 12.8 Å². The van der Waals surface area contributed by atoms with Gasteiger partial charge in [-0.15, -0.1) is 10.2 Å². The van der Waals surface area contributed by atoms with Crippen molar-refractivity contribution in [3.8, 4) is 0 Å². The molecular formula is C15H19N5O2. The summed E-state index contributed by atoms with van der Waals surface area (Å²) in [7, 11) is 0. The van der Waals surface area contributed by atoms with Crippen LogP contribution in [-0.2, 0) is 6.54 Å². The third kappa shape index (κ3) is 2.63. The predicted molar refractivity (Wildman–Crippen MR) is 77.2 cm³/mol. The van der Waals surface area contributed by atoms with Crippen LogP contribution >= 0.6 is 0 Å². The van der Waals surface area contributed by atoms with Gasteiger partial charge in [-0.2, -0.15) is 5.10 Å². The Morgan fingerprint density at radius 3 is 2.86 bits per heavy atom. The normalized spacial score (nSPS) is 18.7. The smallest absolute Gasteiger partial charge is 0.269 e. The van der Waals surface area contributed by atoms with E-state index >= 15 is 0 Å². The minimum atomic E-state index is -0.143. The Balaban J connectivity index is 1.40. The zero-order valence-corrected chi connectivity index (χ0v) is 12.4. The molecule has 1 amide bonds. The number of amides is 1. The fourth-order valence-corrected chi connectivity index (χ4v) is 3.01. The summed E-state index contributed by atoms with van der Waals surface area (Å²) < 4.78 is 7.40. The van der Waals surface area contributed by atoms with E-state index in [4.69, 9.17) is 4.42 Å². The van der Waals surface area contributed by atoms with E-state index in [0.29, 0.717) is 29.4 Å². The summed E-state index contributed by atoms with van der Waals surface area (Å²) >= 11 is 0. The van der Waals surface area contributed by atoms with Crippen LogP contribution in [0.25, 0.3) is 0 Å². The molecule has 2 aromatic heterocycles. The first kappa shape index (κ1) is 13.5. The van der Waals surface area contributed by atoms with Gasteiger partial charge in [-0.3, -0.25) is 9.48 Å². The molecule has 1 N–H and O–H groups in total. The summed E-state index contributed by atoms with van der Waals surface area (Å²) in [6.45, 7) is 0.258. The van der Waals surface area contributed by atoms with Crippen LogP contribution < -0.4 is 5.32 Å². The highest BCUT2D eigenvalue weighted by molar-refractivity contribution is 5.92. The molecule has 0 aliphatic heterocycles. The lowest BCUT2D eigenvalue weighted by Gasteiger charge is -2.13. The van der Waals surface area contributed by atoms with Crippen LogP contribution in [-0.4, -0.2) is 25.9 Å². The lowest BCUT2D eigenvalue weighted by Crippen LogP contribution is -2.27. The molecule has 2 aliphatic carbocycles. The molecule has 7 nitrogen and oxygen atoms in total. The minimum absolute atomic E-state index is 0.143. The topological polar surface area (TPSA) is 85.8 Å². The first-order valence-corrected chi connectivity index (χ1v) is 7.95. The average molecular weight is 301 g/mol. The zero-order valence-electron chi connectivity index (χ0n) is 12.4. The number of nitrogens with one attached hydrogen (secondary N) is 1. The molecule has 0 saturated heterocycles.